The molecule has 10 heteroatoms. The Morgan fingerprint density at radius 1 is 0.938 bits per heavy atom. The minimum Gasteiger partial charge on any atom is -0.493 e. The molecule has 2 aromatic carbocycles. The highest BCUT2D eigenvalue weighted by molar-refractivity contribution is 6.02. The highest BCUT2D eigenvalue weighted by Crippen LogP contribution is 2.44. The van der Waals surface area contributed by atoms with Gasteiger partial charge in [0.15, 0.2) is 11.5 Å². The second-order valence-corrected chi connectivity index (χ2v) is 13.0. The van der Waals surface area contributed by atoms with Crippen LogP contribution in [-0.2, 0) is 22.5 Å². The van der Waals surface area contributed by atoms with Crippen LogP contribution in [0, 0.1) is 0 Å². The number of nitrogens with one attached hydrogen (secondary N) is 1. The van der Waals surface area contributed by atoms with E-state index in [1.165, 1.54) is 0 Å². The number of unbranched alkanes of at least 4 members (excludes halogenated alkanes) is 2. The topological polar surface area (TPSA) is 106 Å². The molecular formula is C38H52N4O6. The summed E-state index contributed by atoms with van der Waals surface area (Å²) in [4.78, 5) is 30.7. The third-order valence-corrected chi connectivity index (χ3v) is 9.06. The number of nitrogens with zero attached hydrogens (tertiary/aromatic N) is 3. The number of hydrogen-bond donors (Lipinski definition) is 1. The smallest absolute Gasteiger partial charge is 0.274 e. The van der Waals surface area contributed by atoms with Crippen LogP contribution >= 0.6 is 0 Å². The summed E-state index contributed by atoms with van der Waals surface area (Å²) >= 11 is 0. The second-order valence-electron chi connectivity index (χ2n) is 13.0. The number of aromatic nitrogens is 1. The van der Waals surface area contributed by atoms with Gasteiger partial charge in [0.1, 0.15) is 11.5 Å². The third kappa shape index (κ3) is 8.39. The van der Waals surface area contributed by atoms with Gasteiger partial charge in [-0.05, 0) is 60.4 Å². The molecule has 0 radical (unpaired) electrons. The largest absolute Gasteiger partial charge is 0.493 e. The minimum atomic E-state index is -0.294. The maximum absolute atomic E-state index is 13.4. The van der Waals surface area contributed by atoms with Crippen molar-refractivity contribution in [2.45, 2.75) is 79.2 Å². The monoisotopic (exact) mass is 660 g/mol. The molecule has 2 aliphatic rings. The fraction of sp³-hybridized carbons (Fsp3) is 0.553. The molecule has 0 atom stereocenters. The molecule has 1 saturated heterocycles. The molecule has 0 unspecified atom stereocenters. The first-order valence-corrected chi connectivity index (χ1v) is 17.8. The van der Waals surface area contributed by atoms with Gasteiger partial charge in [-0.25, -0.2) is 0 Å². The lowest BCUT2D eigenvalue weighted by molar-refractivity contribution is -0.134. The van der Waals surface area contributed by atoms with Crippen molar-refractivity contribution in [2.75, 3.05) is 59.2 Å². The van der Waals surface area contributed by atoms with Crippen LogP contribution < -0.4 is 14.8 Å². The van der Waals surface area contributed by atoms with E-state index >= 15 is 0 Å². The molecule has 2 amide bonds. The Kier molecular flexibility index (Phi) is 12.5. The van der Waals surface area contributed by atoms with E-state index < -0.39 is 0 Å². The summed E-state index contributed by atoms with van der Waals surface area (Å²) in [5.74, 6) is 1.97. The van der Waals surface area contributed by atoms with Crippen molar-refractivity contribution in [3.05, 3.63) is 52.7 Å². The maximum atomic E-state index is 13.4. The Hall–Kier alpha value is -3.89. The average molecular weight is 661 g/mol. The first-order valence-electron chi connectivity index (χ1n) is 17.8. The quantitative estimate of drug-likeness (QED) is 0.185. The summed E-state index contributed by atoms with van der Waals surface area (Å²) in [5.41, 5.74) is 5.75. The molecule has 2 aliphatic heterocycles. The van der Waals surface area contributed by atoms with Gasteiger partial charge in [-0.2, -0.15) is 0 Å². The van der Waals surface area contributed by atoms with Crippen LogP contribution in [0.2, 0.25) is 0 Å². The predicted octanol–water partition coefficient (Wildman–Crippen LogP) is 6.46. The lowest BCUT2D eigenvalue weighted by Gasteiger charge is -2.32. The molecule has 5 rings (SSSR count). The number of benzene rings is 2. The molecular weight excluding hydrogens is 608 g/mol. The van der Waals surface area contributed by atoms with E-state index in [1.54, 1.807) is 0 Å². The Morgan fingerprint density at radius 2 is 1.67 bits per heavy atom. The van der Waals surface area contributed by atoms with Gasteiger partial charge in [0.25, 0.3) is 5.91 Å². The highest BCUT2D eigenvalue weighted by atomic mass is 16.5. The number of ether oxygens (including phenoxy) is 3. The van der Waals surface area contributed by atoms with Crippen LogP contribution in [0.25, 0.3) is 22.5 Å². The zero-order chi connectivity index (χ0) is 34.0. The molecule has 10 nitrogen and oxygen atoms in total. The molecule has 0 bridgehead atoms. The number of amides is 2. The maximum Gasteiger partial charge on any atom is 0.274 e. The molecule has 1 N–H and O–H groups in total. The Morgan fingerprint density at radius 3 is 2.35 bits per heavy atom. The summed E-state index contributed by atoms with van der Waals surface area (Å²) in [7, 11) is 0. The van der Waals surface area contributed by atoms with E-state index in [0.717, 1.165) is 78.8 Å². The second kappa shape index (κ2) is 17.0. The van der Waals surface area contributed by atoms with Crippen LogP contribution in [0.5, 0.6) is 11.5 Å². The summed E-state index contributed by atoms with van der Waals surface area (Å²) in [6, 6.07) is 10.3. The first-order chi connectivity index (χ1) is 23.3. The van der Waals surface area contributed by atoms with E-state index in [1.807, 2.05) is 24.0 Å². The number of fused-ring (bicyclic) bond motifs is 1. The van der Waals surface area contributed by atoms with E-state index in [0.29, 0.717) is 69.7 Å². The third-order valence-electron chi connectivity index (χ3n) is 9.06. The zero-order valence-electron chi connectivity index (χ0n) is 29.4. The lowest BCUT2D eigenvalue weighted by atomic mass is 9.91. The number of carbonyl (C=O) groups is 2. The molecule has 3 aromatic rings. The number of hydrogen-bond acceptors (Lipinski definition) is 8. The van der Waals surface area contributed by atoms with Crippen molar-refractivity contribution >= 4 is 11.8 Å². The predicted molar refractivity (Wildman–Crippen MR) is 187 cm³/mol. The van der Waals surface area contributed by atoms with Gasteiger partial charge in [-0.3, -0.25) is 14.5 Å². The van der Waals surface area contributed by atoms with Gasteiger partial charge in [-0.15, -0.1) is 0 Å². The molecule has 0 spiro atoms. The van der Waals surface area contributed by atoms with Gasteiger partial charge >= 0.3 is 0 Å². The first kappa shape index (κ1) is 35.4. The van der Waals surface area contributed by atoms with Crippen LogP contribution in [0.3, 0.4) is 0 Å². The van der Waals surface area contributed by atoms with Gasteiger partial charge in [0, 0.05) is 38.8 Å². The van der Waals surface area contributed by atoms with Crippen LogP contribution in [0.1, 0.15) is 93.4 Å². The minimum absolute atomic E-state index is 0.144. The fourth-order valence-electron chi connectivity index (χ4n) is 6.22. The van der Waals surface area contributed by atoms with Gasteiger partial charge in [-0.1, -0.05) is 63.9 Å². The van der Waals surface area contributed by atoms with Gasteiger partial charge in [0.05, 0.1) is 44.1 Å². The SMILES string of the molecule is CCCCOc1cc(OCCCC)c(C(C)C)cc1-c1onc(C(=O)NCC)c1-c1ccc2c(c1)CCN(C(=O)CN1CCOCC1)C2. The summed E-state index contributed by atoms with van der Waals surface area (Å²) < 4.78 is 24.2. The summed E-state index contributed by atoms with van der Waals surface area (Å²) in [5, 5.41) is 7.25. The van der Waals surface area contributed by atoms with E-state index in [2.05, 4.69) is 61.3 Å². The Labute approximate surface area is 285 Å². The molecule has 260 valence electrons. The van der Waals surface area contributed by atoms with Crippen molar-refractivity contribution < 1.29 is 28.3 Å². The Balaban J connectivity index is 1.53. The molecule has 1 aromatic heterocycles. The highest BCUT2D eigenvalue weighted by Gasteiger charge is 2.30. The summed E-state index contributed by atoms with van der Waals surface area (Å²) in [6.45, 7) is 16.6. The van der Waals surface area contributed by atoms with Crippen molar-refractivity contribution in [1.82, 2.24) is 20.3 Å². The molecule has 1 fully saturated rings. The molecule has 0 saturated carbocycles. The molecule has 48 heavy (non-hydrogen) atoms. The zero-order valence-corrected chi connectivity index (χ0v) is 29.4. The van der Waals surface area contributed by atoms with Gasteiger partial charge in [0.2, 0.25) is 5.91 Å². The van der Waals surface area contributed by atoms with Crippen molar-refractivity contribution in [1.29, 1.82) is 0 Å². The van der Waals surface area contributed by atoms with E-state index in [4.69, 9.17) is 18.7 Å². The van der Waals surface area contributed by atoms with Crippen LogP contribution in [0.15, 0.2) is 34.9 Å². The molecule has 0 aliphatic carbocycles. The molecule has 3 heterocycles. The van der Waals surface area contributed by atoms with E-state index in [-0.39, 0.29) is 23.4 Å². The number of carbonyl (C=O) groups excluding carboxylic acids is 2. The van der Waals surface area contributed by atoms with Crippen molar-refractivity contribution in [3.63, 3.8) is 0 Å². The standard InChI is InChI=1S/C38H52N4O6/c1-6-9-17-46-32-23-33(47-18-10-7-2)31(22-30(32)26(4)5)37-35(36(40-48-37)38(44)39-8-3)28-11-12-29-24-42(14-13-27(29)21-28)34(43)25-41-15-19-45-20-16-41/h11-12,21-23,26H,6-10,13-20,24-25H2,1-5H3,(H,39,44). The number of rotatable bonds is 15. The van der Waals surface area contributed by atoms with Gasteiger partial charge < -0.3 is 29.0 Å². The average Bonchev–Trinajstić information content (AvgIpc) is 3.54. The van der Waals surface area contributed by atoms with Crippen molar-refractivity contribution in [2.24, 2.45) is 0 Å². The number of morpholine rings is 1. The normalized spacial score (nSPS) is 15.0. The lowest BCUT2D eigenvalue weighted by Crippen LogP contribution is -2.46. The van der Waals surface area contributed by atoms with Crippen LogP contribution in [-0.4, -0.2) is 85.9 Å². The summed E-state index contributed by atoms with van der Waals surface area (Å²) in [6.07, 6.45) is 4.64. The van der Waals surface area contributed by atoms with Crippen molar-refractivity contribution in [3.8, 4) is 33.9 Å². The van der Waals surface area contributed by atoms with E-state index in [9.17, 15) is 9.59 Å². The fourth-order valence-corrected chi connectivity index (χ4v) is 6.22. The Bertz CT molecular complexity index is 1540. The van der Waals surface area contributed by atoms with Crippen LogP contribution in [0.4, 0.5) is 0 Å².